The zero-order valence-electron chi connectivity index (χ0n) is 9.56. The van der Waals surface area contributed by atoms with Gasteiger partial charge in [0.15, 0.2) is 0 Å². The van der Waals surface area contributed by atoms with Crippen molar-refractivity contribution in [1.29, 1.82) is 0 Å². The van der Waals surface area contributed by atoms with Gasteiger partial charge in [-0.3, -0.25) is 0 Å². The lowest BCUT2D eigenvalue weighted by Crippen LogP contribution is -2.65. The Bertz CT molecular complexity index is 164. The molecule has 1 saturated heterocycles. The highest BCUT2D eigenvalue weighted by molar-refractivity contribution is 7.99. The van der Waals surface area contributed by atoms with Gasteiger partial charge in [-0.05, 0) is 24.7 Å². The number of hydrogen-bond acceptors (Lipinski definition) is 0. The maximum Gasteiger partial charge on any atom is 0.130 e. The van der Waals surface area contributed by atoms with Gasteiger partial charge >= 0.3 is 0 Å². The lowest BCUT2D eigenvalue weighted by atomic mass is 9.78. The highest BCUT2D eigenvalue weighted by atomic mass is 32.2. The summed E-state index contributed by atoms with van der Waals surface area (Å²) in [4.78, 5) is 0. The molecule has 1 rings (SSSR count). The Morgan fingerprint density at radius 2 is 1.58 bits per heavy atom. The fourth-order valence-corrected chi connectivity index (χ4v) is 5.66. The predicted octanol–water partition coefficient (Wildman–Crippen LogP) is 3.08. The molecule has 0 aromatic rings. The molecule has 1 fully saturated rings. The molecule has 0 spiro atoms. The standard InChI is InChI=1S/C11H23S/c1-8-9(10(2,3)4)12(7)11(8,5)6/h8-9H,1-7H3/q+1/t8-,9-,12?/m1/s1. The van der Waals surface area contributed by atoms with Crippen LogP contribution in [0.5, 0.6) is 0 Å². The van der Waals surface area contributed by atoms with Crippen molar-refractivity contribution in [2.24, 2.45) is 11.3 Å². The lowest BCUT2D eigenvalue weighted by molar-refractivity contribution is 0.248. The molecule has 0 nitrogen and oxygen atoms in total. The van der Waals surface area contributed by atoms with Crippen LogP contribution in [-0.4, -0.2) is 16.3 Å². The van der Waals surface area contributed by atoms with E-state index in [4.69, 9.17) is 0 Å². The van der Waals surface area contributed by atoms with E-state index in [1.165, 1.54) is 0 Å². The van der Waals surface area contributed by atoms with Crippen LogP contribution in [0.4, 0.5) is 0 Å². The summed E-state index contributed by atoms with van der Waals surface area (Å²) in [5.41, 5.74) is 0.507. The molecule has 0 saturated carbocycles. The van der Waals surface area contributed by atoms with Crippen molar-refractivity contribution in [3.63, 3.8) is 0 Å². The average Bonchev–Trinajstić information content (AvgIpc) is 1.85. The normalized spacial score (nSPS) is 40.8. The van der Waals surface area contributed by atoms with E-state index >= 15 is 0 Å². The van der Waals surface area contributed by atoms with E-state index in [9.17, 15) is 0 Å². The van der Waals surface area contributed by atoms with Crippen molar-refractivity contribution in [2.45, 2.75) is 51.5 Å². The van der Waals surface area contributed by atoms with Crippen molar-refractivity contribution in [3.05, 3.63) is 0 Å². The van der Waals surface area contributed by atoms with Crippen molar-refractivity contribution in [3.8, 4) is 0 Å². The van der Waals surface area contributed by atoms with E-state index in [1.54, 1.807) is 0 Å². The zero-order valence-corrected chi connectivity index (χ0v) is 10.4. The summed E-state index contributed by atoms with van der Waals surface area (Å²) < 4.78 is 0.595. The second-order valence-corrected chi connectivity index (χ2v) is 8.41. The minimum absolute atomic E-state index is 0.507. The molecule has 3 atom stereocenters. The minimum Gasteiger partial charge on any atom is -0.0554 e. The fraction of sp³-hybridized carbons (Fsp3) is 1.00. The number of hydrogen-bond donors (Lipinski definition) is 0. The molecule has 1 aliphatic heterocycles. The van der Waals surface area contributed by atoms with Crippen molar-refractivity contribution in [2.75, 3.05) is 6.26 Å². The minimum atomic E-state index is 0.507. The summed E-state index contributed by atoms with van der Waals surface area (Å²) in [6.07, 6.45) is 2.44. The summed E-state index contributed by atoms with van der Waals surface area (Å²) in [7, 11) is 0.610. The third kappa shape index (κ3) is 1.30. The quantitative estimate of drug-likeness (QED) is 0.511. The van der Waals surface area contributed by atoms with Crippen LogP contribution >= 0.6 is 0 Å². The Balaban J connectivity index is 2.76. The highest BCUT2D eigenvalue weighted by Gasteiger charge is 2.64. The van der Waals surface area contributed by atoms with E-state index in [0.29, 0.717) is 21.1 Å². The van der Waals surface area contributed by atoms with E-state index in [0.717, 1.165) is 11.2 Å². The molecule has 0 amide bonds. The van der Waals surface area contributed by atoms with Crippen molar-refractivity contribution >= 4 is 10.9 Å². The van der Waals surface area contributed by atoms with Crippen LogP contribution in [0.15, 0.2) is 0 Å². The van der Waals surface area contributed by atoms with Gasteiger partial charge in [0, 0.05) is 5.41 Å². The monoisotopic (exact) mass is 187 g/mol. The molecule has 0 aromatic heterocycles. The van der Waals surface area contributed by atoms with Gasteiger partial charge < -0.3 is 0 Å². The molecule has 0 aromatic carbocycles. The van der Waals surface area contributed by atoms with Crippen molar-refractivity contribution in [1.82, 2.24) is 0 Å². The maximum atomic E-state index is 2.44. The van der Waals surface area contributed by atoms with Crippen LogP contribution < -0.4 is 0 Å². The van der Waals surface area contributed by atoms with Crippen LogP contribution in [0.1, 0.15) is 41.5 Å². The molecule has 0 N–H and O–H groups in total. The molecule has 1 aliphatic rings. The third-order valence-corrected chi connectivity index (χ3v) is 7.52. The molecular formula is C11H23S+. The molecule has 0 bridgehead atoms. The van der Waals surface area contributed by atoms with Crippen LogP contribution in [0, 0.1) is 11.3 Å². The smallest absolute Gasteiger partial charge is 0.0554 e. The Hall–Kier alpha value is 0.350. The van der Waals surface area contributed by atoms with E-state index in [-0.39, 0.29) is 0 Å². The first kappa shape index (κ1) is 10.4. The molecule has 0 radical (unpaired) electrons. The molecule has 0 aliphatic carbocycles. The molecule has 12 heavy (non-hydrogen) atoms. The van der Waals surface area contributed by atoms with Gasteiger partial charge in [0.2, 0.25) is 0 Å². The van der Waals surface area contributed by atoms with Crippen LogP contribution in [0.3, 0.4) is 0 Å². The van der Waals surface area contributed by atoms with E-state index in [2.05, 4.69) is 47.8 Å². The first-order valence-electron chi connectivity index (χ1n) is 4.84. The largest absolute Gasteiger partial charge is 0.130 e. The van der Waals surface area contributed by atoms with Crippen molar-refractivity contribution < 1.29 is 0 Å². The summed E-state index contributed by atoms with van der Waals surface area (Å²) in [6, 6.07) is 0. The number of rotatable bonds is 0. The fourth-order valence-electron chi connectivity index (χ4n) is 2.50. The average molecular weight is 187 g/mol. The lowest BCUT2D eigenvalue weighted by Gasteiger charge is -2.51. The van der Waals surface area contributed by atoms with Gasteiger partial charge in [-0.2, -0.15) is 0 Å². The molecule has 72 valence electrons. The SMILES string of the molecule is C[C@@H]1[C@H](C(C)(C)C)[S+](C)C1(C)C. The molecule has 1 heteroatoms. The van der Waals surface area contributed by atoms with E-state index < -0.39 is 0 Å². The summed E-state index contributed by atoms with van der Waals surface area (Å²) in [5.74, 6) is 0.894. The van der Waals surface area contributed by atoms with E-state index in [1.807, 2.05) is 0 Å². The molecule has 1 heterocycles. The van der Waals surface area contributed by atoms with Gasteiger partial charge in [-0.25, -0.2) is 0 Å². The van der Waals surface area contributed by atoms with Gasteiger partial charge in [-0.1, -0.05) is 27.7 Å². The third-order valence-electron chi connectivity index (χ3n) is 3.61. The maximum absolute atomic E-state index is 2.44. The summed E-state index contributed by atoms with van der Waals surface area (Å²) in [5, 5.41) is 0.937. The summed E-state index contributed by atoms with van der Waals surface area (Å²) in [6.45, 7) is 14.4. The molecule has 1 unspecified atom stereocenters. The van der Waals surface area contributed by atoms with Crippen LogP contribution in [-0.2, 0) is 10.9 Å². The highest BCUT2D eigenvalue weighted by Crippen LogP contribution is 2.52. The van der Waals surface area contributed by atoms with Gasteiger partial charge in [-0.15, -0.1) is 0 Å². The summed E-state index contributed by atoms with van der Waals surface area (Å²) >= 11 is 0. The van der Waals surface area contributed by atoms with Gasteiger partial charge in [0.1, 0.15) is 10.00 Å². The first-order chi connectivity index (χ1) is 5.19. The van der Waals surface area contributed by atoms with Crippen LogP contribution in [0.2, 0.25) is 0 Å². The second kappa shape index (κ2) is 2.67. The second-order valence-electron chi connectivity index (χ2n) is 5.74. The Morgan fingerprint density at radius 1 is 1.17 bits per heavy atom. The molecular weight excluding hydrogens is 164 g/mol. The zero-order chi connectivity index (χ0) is 9.73. The Labute approximate surface area is 80.5 Å². The van der Waals surface area contributed by atoms with Gasteiger partial charge in [0.25, 0.3) is 0 Å². The van der Waals surface area contributed by atoms with Gasteiger partial charge in [0.05, 0.1) is 12.2 Å². The topological polar surface area (TPSA) is 0 Å². The first-order valence-corrected chi connectivity index (χ1v) is 6.53. The van der Waals surface area contributed by atoms with Crippen LogP contribution in [0.25, 0.3) is 0 Å². The Morgan fingerprint density at radius 3 is 1.75 bits per heavy atom. The predicted molar refractivity (Wildman–Crippen MR) is 59.8 cm³/mol. The Kier molecular flexibility index (Phi) is 2.32.